The van der Waals surface area contributed by atoms with Crippen molar-refractivity contribution in [2.75, 3.05) is 5.32 Å². The van der Waals surface area contributed by atoms with E-state index in [9.17, 15) is 14.7 Å². The number of benzene rings is 1. The Kier molecular flexibility index (Phi) is 4.42. The SMILES string of the molecule is CCc1nn(C)cc1C(=O)Nc1c(Br)cccc1C(=O)O. The van der Waals surface area contributed by atoms with Crippen LogP contribution in [0.3, 0.4) is 0 Å². The molecular formula is C14H14BrN3O3. The lowest BCUT2D eigenvalue weighted by molar-refractivity contribution is 0.0698. The van der Waals surface area contributed by atoms with Gasteiger partial charge in [-0.05, 0) is 34.5 Å². The average Bonchev–Trinajstić information content (AvgIpc) is 2.82. The third-order valence-electron chi connectivity index (χ3n) is 2.97. The Morgan fingerprint density at radius 1 is 1.38 bits per heavy atom. The molecule has 0 radical (unpaired) electrons. The minimum atomic E-state index is -1.10. The van der Waals surface area contributed by atoms with Crippen LogP contribution in [0.1, 0.15) is 33.3 Å². The summed E-state index contributed by atoms with van der Waals surface area (Å²) in [7, 11) is 1.73. The van der Waals surface area contributed by atoms with Gasteiger partial charge in [0.05, 0.1) is 22.5 Å². The Morgan fingerprint density at radius 3 is 2.71 bits per heavy atom. The molecule has 110 valence electrons. The Bertz CT molecular complexity index is 709. The van der Waals surface area contributed by atoms with Crippen LogP contribution in [0.4, 0.5) is 5.69 Å². The molecule has 2 rings (SSSR count). The maximum absolute atomic E-state index is 12.4. The zero-order valence-corrected chi connectivity index (χ0v) is 13.1. The number of carboxylic acid groups (broad SMARTS) is 1. The molecule has 0 saturated carbocycles. The van der Waals surface area contributed by atoms with E-state index in [4.69, 9.17) is 0 Å². The van der Waals surface area contributed by atoms with E-state index in [0.717, 1.165) is 0 Å². The van der Waals surface area contributed by atoms with Crippen LogP contribution in [0.5, 0.6) is 0 Å². The van der Waals surface area contributed by atoms with Gasteiger partial charge >= 0.3 is 5.97 Å². The lowest BCUT2D eigenvalue weighted by Crippen LogP contribution is -2.16. The number of hydrogen-bond acceptors (Lipinski definition) is 3. The Hall–Kier alpha value is -2.15. The first-order valence-electron chi connectivity index (χ1n) is 6.29. The van der Waals surface area contributed by atoms with Crippen LogP contribution < -0.4 is 5.32 Å². The smallest absolute Gasteiger partial charge is 0.337 e. The number of aromatic carboxylic acids is 1. The van der Waals surface area contributed by atoms with Gasteiger partial charge in [-0.1, -0.05) is 13.0 Å². The van der Waals surface area contributed by atoms with Crippen molar-refractivity contribution >= 4 is 33.5 Å². The van der Waals surface area contributed by atoms with Gasteiger partial charge in [-0.3, -0.25) is 9.48 Å². The number of anilines is 1. The molecule has 1 amide bonds. The fourth-order valence-electron chi connectivity index (χ4n) is 2.00. The van der Waals surface area contributed by atoms with Crippen molar-refractivity contribution in [3.63, 3.8) is 0 Å². The van der Waals surface area contributed by atoms with Crippen molar-refractivity contribution < 1.29 is 14.7 Å². The summed E-state index contributed by atoms with van der Waals surface area (Å²) < 4.78 is 2.07. The molecule has 1 aromatic heterocycles. The first kappa shape index (κ1) is 15.2. The number of aryl methyl sites for hydroxylation is 2. The van der Waals surface area contributed by atoms with Gasteiger partial charge in [-0.15, -0.1) is 0 Å². The number of halogens is 1. The predicted octanol–water partition coefficient (Wildman–Crippen LogP) is 2.70. The highest BCUT2D eigenvalue weighted by molar-refractivity contribution is 9.10. The van der Waals surface area contributed by atoms with Crippen molar-refractivity contribution in [1.82, 2.24) is 9.78 Å². The van der Waals surface area contributed by atoms with E-state index in [1.54, 1.807) is 30.1 Å². The number of amides is 1. The van der Waals surface area contributed by atoms with Crippen molar-refractivity contribution in [2.24, 2.45) is 7.05 Å². The highest BCUT2D eigenvalue weighted by Gasteiger charge is 2.19. The van der Waals surface area contributed by atoms with Gasteiger partial charge in [0.1, 0.15) is 0 Å². The third-order valence-corrected chi connectivity index (χ3v) is 3.63. The van der Waals surface area contributed by atoms with E-state index in [1.165, 1.54) is 6.07 Å². The van der Waals surface area contributed by atoms with E-state index in [-0.39, 0.29) is 17.2 Å². The number of carboxylic acids is 1. The fraction of sp³-hybridized carbons (Fsp3) is 0.214. The standard InChI is InChI=1S/C14H14BrN3O3/c1-3-11-9(7-18(2)17-11)13(19)16-12-8(14(20)21)5-4-6-10(12)15/h4-7H,3H2,1-2H3,(H,16,19)(H,20,21). The second-order valence-corrected chi connectivity index (χ2v) is 5.29. The van der Waals surface area contributed by atoms with Crippen LogP contribution in [0.15, 0.2) is 28.9 Å². The Labute approximate surface area is 129 Å². The summed E-state index contributed by atoms with van der Waals surface area (Å²) in [6, 6.07) is 4.71. The molecule has 0 aliphatic rings. The second-order valence-electron chi connectivity index (χ2n) is 4.44. The largest absolute Gasteiger partial charge is 0.478 e. The summed E-state index contributed by atoms with van der Waals surface area (Å²) in [4.78, 5) is 23.6. The molecule has 0 aliphatic heterocycles. The summed E-state index contributed by atoms with van der Waals surface area (Å²) in [6.45, 7) is 1.90. The molecule has 2 N–H and O–H groups in total. The van der Waals surface area contributed by atoms with Crippen molar-refractivity contribution in [2.45, 2.75) is 13.3 Å². The fourth-order valence-corrected chi connectivity index (χ4v) is 2.46. The van der Waals surface area contributed by atoms with Gasteiger partial charge in [-0.25, -0.2) is 4.79 Å². The number of aromatic nitrogens is 2. The lowest BCUT2D eigenvalue weighted by Gasteiger charge is -2.10. The number of para-hydroxylation sites is 1. The number of hydrogen-bond donors (Lipinski definition) is 2. The van der Waals surface area contributed by atoms with E-state index < -0.39 is 5.97 Å². The van der Waals surface area contributed by atoms with Crippen LogP contribution in [-0.4, -0.2) is 26.8 Å². The molecule has 21 heavy (non-hydrogen) atoms. The monoisotopic (exact) mass is 351 g/mol. The first-order valence-corrected chi connectivity index (χ1v) is 7.09. The number of nitrogens with zero attached hydrogens (tertiary/aromatic N) is 2. The summed E-state index contributed by atoms with van der Waals surface area (Å²) in [5.74, 6) is -1.48. The Balaban J connectivity index is 2.38. The number of nitrogens with one attached hydrogen (secondary N) is 1. The van der Waals surface area contributed by atoms with E-state index in [0.29, 0.717) is 22.2 Å². The van der Waals surface area contributed by atoms with Crippen LogP contribution in [0.25, 0.3) is 0 Å². The molecule has 0 fully saturated rings. The minimum Gasteiger partial charge on any atom is -0.478 e. The molecule has 0 unspecified atom stereocenters. The molecular weight excluding hydrogens is 338 g/mol. The highest BCUT2D eigenvalue weighted by atomic mass is 79.9. The minimum absolute atomic E-state index is 0.0275. The summed E-state index contributed by atoms with van der Waals surface area (Å²) >= 11 is 3.26. The zero-order valence-electron chi connectivity index (χ0n) is 11.6. The Morgan fingerprint density at radius 2 is 2.10 bits per heavy atom. The van der Waals surface area contributed by atoms with Crippen molar-refractivity contribution in [1.29, 1.82) is 0 Å². The van der Waals surface area contributed by atoms with Crippen LogP contribution in [-0.2, 0) is 13.5 Å². The van der Waals surface area contributed by atoms with Gasteiger partial charge in [0.25, 0.3) is 5.91 Å². The highest BCUT2D eigenvalue weighted by Crippen LogP contribution is 2.27. The maximum Gasteiger partial charge on any atom is 0.337 e. The van der Waals surface area contributed by atoms with Gasteiger partial charge in [0.2, 0.25) is 0 Å². The van der Waals surface area contributed by atoms with Crippen LogP contribution >= 0.6 is 15.9 Å². The predicted molar refractivity (Wildman–Crippen MR) is 81.6 cm³/mol. The molecule has 7 heteroatoms. The summed E-state index contributed by atoms with van der Waals surface area (Å²) in [5.41, 5.74) is 1.37. The maximum atomic E-state index is 12.4. The quantitative estimate of drug-likeness (QED) is 0.886. The van der Waals surface area contributed by atoms with Gasteiger partial charge in [-0.2, -0.15) is 5.10 Å². The topological polar surface area (TPSA) is 84.2 Å². The van der Waals surface area contributed by atoms with Crippen molar-refractivity contribution in [3.05, 3.63) is 45.7 Å². The number of carbonyl (C=O) groups is 2. The normalized spacial score (nSPS) is 10.4. The van der Waals surface area contributed by atoms with Gasteiger partial charge < -0.3 is 10.4 Å². The summed E-state index contributed by atoms with van der Waals surface area (Å²) in [6.07, 6.45) is 2.23. The lowest BCUT2D eigenvalue weighted by atomic mass is 10.1. The molecule has 0 saturated heterocycles. The summed E-state index contributed by atoms with van der Waals surface area (Å²) in [5, 5.41) is 16.0. The van der Waals surface area contributed by atoms with E-state index in [2.05, 4.69) is 26.3 Å². The zero-order chi connectivity index (χ0) is 15.6. The molecule has 0 atom stereocenters. The molecule has 2 aromatic rings. The molecule has 1 heterocycles. The molecule has 0 aliphatic carbocycles. The molecule has 0 spiro atoms. The molecule has 1 aromatic carbocycles. The van der Waals surface area contributed by atoms with Crippen molar-refractivity contribution in [3.8, 4) is 0 Å². The van der Waals surface area contributed by atoms with Gasteiger partial charge in [0, 0.05) is 17.7 Å². The van der Waals surface area contributed by atoms with E-state index >= 15 is 0 Å². The van der Waals surface area contributed by atoms with Crippen LogP contribution in [0.2, 0.25) is 0 Å². The first-order chi connectivity index (χ1) is 9.93. The molecule has 0 bridgehead atoms. The van der Waals surface area contributed by atoms with Crippen LogP contribution in [0, 0.1) is 0 Å². The number of rotatable bonds is 4. The number of carbonyl (C=O) groups excluding carboxylic acids is 1. The average molecular weight is 352 g/mol. The molecule has 6 nitrogen and oxygen atoms in total. The van der Waals surface area contributed by atoms with E-state index in [1.807, 2.05) is 6.92 Å². The third kappa shape index (κ3) is 3.13. The van der Waals surface area contributed by atoms with Gasteiger partial charge in [0.15, 0.2) is 0 Å². The second kappa shape index (κ2) is 6.09.